The van der Waals surface area contributed by atoms with Crippen LogP contribution in [0.5, 0.6) is 11.5 Å². The van der Waals surface area contributed by atoms with Gasteiger partial charge in [0.05, 0.1) is 12.6 Å². The number of rotatable bonds is 6. The van der Waals surface area contributed by atoms with E-state index in [-0.39, 0.29) is 17.9 Å². The molecule has 7 nitrogen and oxygen atoms in total. The van der Waals surface area contributed by atoms with Gasteiger partial charge >= 0.3 is 0 Å². The first kappa shape index (κ1) is 16.3. The summed E-state index contributed by atoms with van der Waals surface area (Å²) in [5, 5.41) is 8.89. The number of hydrogen-bond donors (Lipinski definition) is 3. The van der Waals surface area contributed by atoms with E-state index in [1.54, 1.807) is 0 Å². The standard InChI is InChI=1S/C18H16N4O3/c23-17(10-14-11-18(24)22-20-14)21-19-12-13-5-4-8-16(9-13)25-15-6-2-1-3-7-15/h1-9,11-12H,10H2,(H,21,23)(H2,20,22,24). The summed E-state index contributed by atoms with van der Waals surface area (Å²) in [6.45, 7) is 0. The van der Waals surface area contributed by atoms with Crippen LogP contribution in [0.3, 0.4) is 0 Å². The topological polar surface area (TPSA) is 99.3 Å². The molecule has 0 unspecified atom stereocenters. The molecule has 0 aliphatic carbocycles. The third kappa shape index (κ3) is 4.93. The van der Waals surface area contributed by atoms with E-state index in [0.717, 1.165) is 11.3 Å². The maximum absolute atomic E-state index is 11.7. The van der Waals surface area contributed by atoms with Crippen molar-refractivity contribution in [3.8, 4) is 11.5 Å². The van der Waals surface area contributed by atoms with Gasteiger partial charge in [0.2, 0.25) is 5.91 Å². The van der Waals surface area contributed by atoms with Crippen molar-refractivity contribution in [2.24, 2.45) is 5.10 Å². The number of aromatic amines is 2. The van der Waals surface area contributed by atoms with E-state index in [1.807, 2.05) is 54.6 Å². The number of hydrogen-bond acceptors (Lipinski definition) is 4. The number of amides is 1. The maximum atomic E-state index is 11.7. The van der Waals surface area contributed by atoms with E-state index < -0.39 is 0 Å². The Balaban J connectivity index is 1.57. The summed E-state index contributed by atoms with van der Waals surface area (Å²) in [6, 6.07) is 18.1. The van der Waals surface area contributed by atoms with Gasteiger partial charge in [0, 0.05) is 11.8 Å². The number of para-hydroxylation sites is 1. The zero-order chi connectivity index (χ0) is 17.5. The van der Waals surface area contributed by atoms with Gasteiger partial charge in [0.1, 0.15) is 11.5 Å². The van der Waals surface area contributed by atoms with Crippen molar-refractivity contribution in [1.82, 2.24) is 15.6 Å². The zero-order valence-electron chi connectivity index (χ0n) is 13.2. The van der Waals surface area contributed by atoms with Crippen molar-refractivity contribution in [1.29, 1.82) is 0 Å². The summed E-state index contributed by atoms with van der Waals surface area (Å²) in [5.74, 6) is 1.08. The first-order valence-electron chi connectivity index (χ1n) is 7.60. The molecule has 1 heterocycles. The lowest BCUT2D eigenvalue weighted by Crippen LogP contribution is -2.20. The fraction of sp³-hybridized carbons (Fsp3) is 0.0556. The number of aromatic nitrogens is 2. The molecule has 7 heteroatoms. The van der Waals surface area contributed by atoms with Gasteiger partial charge < -0.3 is 9.84 Å². The van der Waals surface area contributed by atoms with Crippen LogP contribution in [0.4, 0.5) is 0 Å². The number of benzene rings is 2. The molecule has 3 aromatic rings. The molecule has 0 aliphatic rings. The first-order chi connectivity index (χ1) is 12.2. The monoisotopic (exact) mass is 336 g/mol. The number of H-pyrrole nitrogens is 2. The number of hydrazone groups is 1. The number of carbonyl (C=O) groups excluding carboxylic acids is 1. The van der Waals surface area contributed by atoms with Crippen molar-refractivity contribution in [2.75, 3.05) is 0 Å². The molecule has 0 atom stereocenters. The third-order valence-electron chi connectivity index (χ3n) is 3.24. The van der Waals surface area contributed by atoms with Crippen LogP contribution in [0, 0.1) is 0 Å². The summed E-state index contributed by atoms with van der Waals surface area (Å²) in [4.78, 5) is 22.7. The van der Waals surface area contributed by atoms with E-state index >= 15 is 0 Å². The Kier molecular flexibility index (Phi) is 5.06. The van der Waals surface area contributed by atoms with E-state index in [9.17, 15) is 9.59 Å². The van der Waals surface area contributed by atoms with Gasteiger partial charge in [-0.1, -0.05) is 30.3 Å². The Hall–Kier alpha value is -3.61. The fourth-order valence-corrected chi connectivity index (χ4v) is 2.14. The molecule has 1 amide bonds. The van der Waals surface area contributed by atoms with Gasteiger partial charge in [0.25, 0.3) is 5.56 Å². The molecule has 0 bridgehead atoms. The number of ether oxygens (including phenoxy) is 1. The molecule has 3 N–H and O–H groups in total. The van der Waals surface area contributed by atoms with Crippen LogP contribution in [0.25, 0.3) is 0 Å². The summed E-state index contributed by atoms with van der Waals surface area (Å²) in [5.41, 5.74) is 3.41. The highest BCUT2D eigenvalue weighted by molar-refractivity contribution is 5.83. The van der Waals surface area contributed by atoms with Crippen molar-refractivity contribution in [3.05, 3.63) is 82.3 Å². The van der Waals surface area contributed by atoms with Crippen LogP contribution < -0.4 is 15.7 Å². The van der Waals surface area contributed by atoms with Crippen LogP contribution in [-0.2, 0) is 11.2 Å². The predicted octanol–water partition coefficient (Wildman–Crippen LogP) is 2.19. The average Bonchev–Trinajstić information content (AvgIpc) is 3.01. The Morgan fingerprint density at radius 1 is 1.04 bits per heavy atom. The molecule has 0 radical (unpaired) electrons. The molecule has 126 valence electrons. The Morgan fingerprint density at radius 3 is 2.60 bits per heavy atom. The molecule has 0 spiro atoms. The largest absolute Gasteiger partial charge is 0.457 e. The lowest BCUT2D eigenvalue weighted by atomic mass is 10.2. The van der Waals surface area contributed by atoms with Crippen LogP contribution >= 0.6 is 0 Å². The molecule has 0 saturated carbocycles. The molecule has 1 aromatic heterocycles. The average molecular weight is 336 g/mol. The van der Waals surface area contributed by atoms with E-state index in [2.05, 4.69) is 20.7 Å². The molecule has 25 heavy (non-hydrogen) atoms. The quantitative estimate of drug-likeness (QED) is 0.475. The number of nitrogens with zero attached hydrogens (tertiary/aromatic N) is 1. The second kappa shape index (κ2) is 7.78. The van der Waals surface area contributed by atoms with Gasteiger partial charge in [-0.2, -0.15) is 5.10 Å². The molecular weight excluding hydrogens is 320 g/mol. The highest BCUT2D eigenvalue weighted by atomic mass is 16.5. The molecule has 0 saturated heterocycles. The van der Waals surface area contributed by atoms with Gasteiger partial charge in [0.15, 0.2) is 0 Å². The highest BCUT2D eigenvalue weighted by Crippen LogP contribution is 2.21. The maximum Gasteiger partial charge on any atom is 0.264 e. The summed E-state index contributed by atoms with van der Waals surface area (Å²) in [6.07, 6.45) is 1.56. The molecule has 2 aromatic carbocycles. The van der Waals surface area contributed by atoms with Crippen LogP contribution in [-0.4, -0.2) is 22.3 Å². The summed E-state index contributed by atoms with van der Waals surface area (Å²) in [7, 11) is 0. The van der Waals surface area contributed by atoms with Crippen molar-refractivity contribution < 1.29 is 9.53 Å². The van der Waals surface area contributed by atoms with Gasteiger partial charge in [-0.15, -0.1) is 0 Å². The normalized spacial score (nSPS) is 10.7. The van der Waals surface area contributed by atoms with Gasteiger partial charge in [-0.05, 0) is 29.8 Å². The van der Waals surface area contributed by atoms with Gasteiger partial charge in [-0.3, -0.25) is 14.7 Å². The first-order valence-corrected chi connectivity index (χ1v) is 7.60. The van der Waals surface area contributed by atoms with Crippen LogP contribution in [0.15, 0.2) is 70.6 Å². The fourth-order valence-electron chi connectivity index (χ4n) is 2.14. The highest BCUT2D eigenvalue weighted by Gasteiger charge is 2.04. The minimum absolute atomic E-state index is 0.0350. The number of carbonyl (C=O) groups is 1. The van der Waals surface area contributed by atoms with Crippen molar-refractivity contribution in [2.45, 2.75) is 6.42 Å². The second-order valence-corrected chi connectivity index (χ2v) is 5.24. The second-order valence-electron chi connectivity index (χ2n) is 5.24. The van der Waals surface area contributed by atoms with Crippen LogP contribution in [0.2, 0.25) is 0 Å². The predicted molar refractivity (Wildman–Crippen MR) is 93.8 cm³/mol. The Morgan fingerprint density at radius 2 is 1.84 bits per heavy atom. The van der Waals surface area contributed by atoms with E-state index in [1.165, 1.54) is 12.3 Å². The smallest absolute Gasteiger partial charge is 0.264 e. The minimum Gasteiger partial charge on any atom is -0.457 e. The SMILES string of the molecule is O=C(Cc1cc(=O)[nH][nH]1)NN=Cc1cccc(Oc2ccccc2)c1. The van der Waals surface area contributed by atoms with Crippen molar-refractivity contribution >= 4 is 12.1 Å². The Labute approximate surface area is 143 Å². The molecule has 0 fully saturated rings. The molecule has 3 rings (SSSR count). The molecular formula is C18H16N4O3. The Bertz CT molecular complexity index is 929. The lowest BCUT2D eigenvalue weighted by molar-refractivity contribution is -0.120. The summed E-state index contributed by atoms with van der Waals surface area (Å²) >= 11 is 0. The van der Waals surface area contributed by atoms with E-state index in [4.69, 9.17) is 4.74 Å². The minimum atomic E-state index is -0.330. The summed E-state index contributed by atoms with van der Waals surface area (Å²) < 4.78 is 5.74. The molecule has 0 aliphatic heterocycles. The van der Waals surface area contributed by atoms with E-state index in [0.29, 0.717) is 11.4 Å². The van der Waals surface area contributed by atoms with Crippen molar-refractivity contribution in [3.63, 3.8) is 0 Å². The van der Waals surface area contributed by atoms with Gasteiger partial charge in [-0.25, -0.2) is 5.43 Å². The third-order valence-corrected chi connectivity index (χ3v) is 3.24. The lowest BCUT2D eigenvalue weighted by Gasteiger charge is -2.05. The zero-order valence-corrected chi connectivity index (χ0v) is 13.2. The number of nitrogens with one attached hydrogen (secondary N) is 3. The van der Waals surface area contributed by atoms with Crippen LogP contribution in [0.1, 0.15) is 11.3 Å².